The number of hydrogen-bond donors (Lipinski definition) is 2. The van der Waals surface area contributed by atoms with Crippen molar-refractivity contribution in [1.29, 1.82) is 0 Å². The fourth-order valence-corrected chi connectivity index (χ4v) is 4.98. The van der Waals surface area contributed by atoms with E-state index in [9.17, 15) is 19.5 Å². The molecule has 0 unspecified atom stereocenters. The zero-order valence-corrected chi connectivity index (χ0v) is 14.7. The molecule has 0 aliphatic carbocycles. The van der Waals surface area contributed by atoms with Crippen molar-refractivity contribution in [3.63, 3.8) is 0 Å². The number of carboxylic acid groups (broad SMARTS) is 1. The number of hydrogen-bond acceptors (Lipinski definition) is 5. The number of thioether (sulfide) groups is 1. The van der Waals surface area contributed by atoms with E-state index in [0.29, 0.717) is 5.56 Å². The number of nitrogens with zero attached hydrogens (tertiary/aromatic N) is 2. The molecular formula is C17H19N3O4S. The van der Waals surface area contributed by atoms with Gasteiger partial charge in [-0.25, -0.2) is 4.79 Å². The molecule has 2 aliphatic rings. The van der Waals surface area contributed by atoms with Crippen molar-refractivity contribution < 1.29 is 19.5 Å². The second kappa shape index (κ2) is 6.18. The van der Waals surface area contributed by atoms with E-state index in [1.807, 2.05) is 6.07 Å². The molecule has 2 fully saturated rings. The number of rotatable bonds is 5. The lowest BCUT2D eigenvalue weighted by Crippen LogP contribution is -2.70. The van der Waals surface area contributed by atoms with Crippen LogP contribution in [0.5, 0.6) is 0 Å². The molecule has 8 heteroatoms. The van der Waals surface area contributed by atoms with Crippen molar-refractivity contribution >= 4 is 36.3 Å². The van der Waals surface area contributed by atoms with Crippen molar-refractivity contribution in [3.8, 4) is 0 Å². The summed E-state index contributed by atoms with van der Waals surface area (Å²) < 4.78 is -0.624. The van der Waals surface area contributed by atoms with Crippen LogP contribution in [0.3, 0.4) is 0 Å². The minimum atomic E-state index is -1.03. The number of carbonyl (C=O) groups excluding carboxylic acids is 2. The third kappa shape index (κ3) is 2.80. The molecule has 3 rings (SSSR count). The highest BCUT2D eigenvalue weighted by molar-refractivity contribution is 8.01. The van der Waals surface area contributed by atoms with Gasteiger partial charge in [0.25, 0.3) is 0 Å². The number of benzene rings is 1. The van der Waals surface area contributed by atoms with E-state index < -0.39 is 34.7 Å². The van der Waals surface area contributed by atoms with Crippen molar-refractivity contribution in [2.24, 2.45) is 4.99 Å². The van der Waals surface area contributed by atoms with Crippen LogP contribution in [0.25, 0.3) is 0 Å². The maximum Gasteiger partial charge on any atom is 0.327 e. The Labute approximate surface area is 149 Å². The SMILES string of the molecule is C=N[C@@H](C(=O)N[C@@H]1C(=O)N2[C@H]1SC(C)(C)[C@H]2C(=O)O)c1ccccc1. The first-order valence-corrected chi connectivity index (χ1v) is 8.70. The number of aliphatic imine (C=N–C) groups is 1. The van der Waals surface area contributed by atoms with Crippen molar-refractivity contribution in [1.82, 2.24) is 10.2 Å². The summed E-state index contributed by atoms with van der Waals surface area (Å²) in [5, 5.41) is 11.7. The lowest BCUT2D eigenvalue weighted by atomic mass is 9.95. The molecule has 0 saturated carbocycles. The largest absolute Gasteiger partial charge is 0.480 e. The van der Waals surface area contributed by atoms with Crippen molar-refractivity contribution in [2.75, 3.05) is 0 Å². The average molecular weight is 361 g/mol. The van der Waals surface area contributed by atoms with Gasteiger partial charge in [0.1, 0.15) is 17.5 Å². The highest BCUT2D eigenvalue weighted by Gasteiger charge is 2.64. The Morgan fingerprint density at radius 3 is 2.56 bits per heavy atom. The topological polar surface area (TPSA) is 99.1 Å². The smallest absolute Gasteiger partial charge is 0.327 e. The zero-order chi connectivity index (χ0) is 18.4. The van der Waals surface area contributed by atoms with E-state index in [4.69, 9.17) is 0 Å². The summed E-state index contributed by atoms with van der Waals surface area (Å²) in [6.07, 6.45) is 0. The van der Waals surface area contributed by atoms with Gasteiger partial charge >= 0.3 is 5.97 Å². The first-order chi connectivity index (χ1) is 11.8. The van der Waals surface area contributed by atoms with E-state index in [1.165, 1.54) is 16.7 Å². The summed E-state index contributed by atoms with van der Waals surface area (Å²) in [6.45, 7) is 7.05. The number of fused-ring (bicyclic) bond motifs is 1. The van der Waals surface area contributed by atoms with Gasteiger partial charge in [0, 0.05) is 4.75 Å². The van der Waals surface area contributed by atoms with Crippen molar-refractivity contribution in [2.45, 2.75) is 42.1 Å². The van der Waals surface area contributed by atoms with E-state index in [-0.39, 0.29) is 11.3 Å². The van der Waals surface area contributed by atoms with Gasteiger partial charge in [-0.05, 0) is 26.1 Å². The number of aliphatic carboxylic acids is 1. The molecule has 7 nitrogen and oxygen atoms in total. The Bertz CT molecular complexity index is 737. The fraction of sp³-hybridized carbons (Fsp3) is 0.412. The van der Waals surface area contributed by atoms with Crippen LogP contribution < -0.4 is 5.32 Å². The summed E-state index contributed by atoms with van der Waals surface area (Å²) in [7, 11) is 0. The van der Waals surface area contributed by atoms with Crippen LogP contribution in [-0.4, -0.2) is 56.7 Å². The molecule has 1 aromatic carbocycles. The second-order valence-corrected chi connectivity index (χ2v) is 8.35. The van der Waals surface area contributed by atoms with E-state index in [1.54, 1.807) is 38.1 Å². The lowest BCUT2D eigenvalue weighted by molar-refractivity contribution is -0.161. The molecule has 0 radical (unpaired) electrons. The maximum absolute atomic E-state index is 12.5. The number of carboxylic acids is 1. The van der Waals surface area contributed by atoms with E-state index in [0.717, 1.165) is 0 Å². The standard InChI is InChI=1S/C17H19N3O4S/c1-17(2)12(16(23)24)20-14(22)11(15(20)25-17)19-13(21)10(18-3)9-7-5-4-6-8-9/h4-8,10-12,15H,3H2,1-2H3,(H,19,21)(H,23,24)/t10-,11-,12-,15+/m1/s1. The predicted octanol–water partition coefficient (Wildman–Crippen LogP) is 1.06. The summed E-state index contributed by atoms with van der Waals surface area (Å²) in [6, 6.07) is 6.51. The van der Waals surface area contributed by atoms with Crippen LogP contribution in [0.4, 0.5) is 0 Å². The van der Waals surface area contributed by atoms with Crippen LogP contribution in [0.15, 0.2) is 35.3 Å². The highest BCUT2D eigenvalue weighted by Crippen LogP contribution is 2.50. The molecule has 0 spiro atoms. The molecule has 2 N–H and O–H groups in total. The Hall–Kier alpha value is -2.35. The molecule has 1 aromatic rings. The van der Waals surface area contributed by atoms with Crippen LogP contribution in [0, 0.1) is 0 Å². The average Bonchev–Trinajstić information content (AvgIpc) is 2.82. The van der Waals surface area contributed by atoms with Gasteiger partial charge in [-0.2, -0.15) is 0 Å². The predicted molar refractivity (Wildman–Crippen MR) is 94.4 cm³/mol. The minimum Gasteiger partial charge on any atom is -0.480 e. The maximum atomic E-state index is 12.5. The number of carbonyl (C=O) groups is 3. The third-order valence-electron chi connectivity index (χ3n) is 4.52. The molecule has 4 atom stereocenters. The van der Waals surface area contributed by atoms with Gasteiger partial charge in [-0.1, -0.05) is 30.3 Å². The minimum absolute atomic E-state index is 0.375. The number of amides is 2. The molecule has 132 valence electrons. The Morgan fingerprint density at radius 2 is 2.00 bits per heavy atom. The fourth-order valence-electron chi connectivity index (χ4n) is 3.35. The van der Waals surface area contributed by atoms with Crippen LogP contribution in [-0.2, 0) is 14.4 Å². The monoisotopic (exact) mass is 361 g/mol. The Balaban J connectivity index is 1.75. The summed E-state index contributed by atoms with van der Waals surface area (Å²) in [4.78, 5) is 41.7. The zero-order valence-electron chi connectivity index (χ0n) is 13.9. The molecular weight excluding hydrogens is 342 g/mol. The number of β-lactam (4-membered cyclic amide) rings is 1. The Kier molecular flexibility index (Phi) is 4.32. The molecule has 2 saturated heterocycles. The molecule has 2 aliphatic heterocycles. The normalized spacial score (nSPS) is 27.8. The first kappa shape index (κ1) is 17.5. The number of nitrogens with one attached hydrogen (secondary N) is 1. The van der Waals surface area contributed by atoms with Gasteiger partial charge in [-0.3, -0.25) is 14.6 Å². The summed E-state index contributed by atoms with van der Waals surface area (Å²) in [5.74, 6) is -1.83. The van der Waals surface area contributed by atoms with Crippen LogP contribution in [0.2, 0.25) is 0 Å². The molecule has 25 heavy (non-hydrogen) atoms. The van der Waals surface area contributed by atoms with Crippen LogP contribution in [0.1, 0.15) is 25.5 Å². The van der Waals surface area contributed by atoms with Gasteiger partial charge in [0.05, 0.1) is 0 Å². The Morgan fingerprint density at radius 1 is 1.36 bits per heavy atom. The van der Waals surface area contributed by atoms with Gasteiger partial charge < -0.3 is 15.3 Å². The van der Waals surface area contributed by atoms with E-state index >= 15 is 0 Å². The quantitative estimate of drug-likeness (QED) is 0.603. The van der Waals surface area contributed by atoms with Gasteiger partial charge in [-0.15, -0.1) is 11.8 Å². The molecule has 2 amide bonds. The highest BCUT2D eigenvalue weighted by atomic mass is 32.2. The molecule has 2 heterocycles. The first-order valence-electron chi connectivity index (χ1n) is 7.82. The van der Waals surface area contributed by atoms with E-state index in [2.05, 4.69) is 17.0 Å². The summed E-state index contributed by atoms with van der Waals surface area (Å²) in [5.41, 5.74) is 0.682. The second-order valence-electron chi connectivity index (χ2n) is 6.58. The lowest BCUT2D eigenvalue weighted by Gasteiger charge is -2.43. The summed E-state index contributed by atoms with van der Waals surface area (Å²) >= 11 is 1.39. The van der Waals surface area contributed by atoms with Crippen molar-refractivity contribution in [3.05, 3.63) is 35.9 Å². The molecule has 0 bridgehead atoms. The molecule has 0 aromatic heterocycles. The third-order valence-corrected chi connectivity index (χ3v) is 6.09. The van der Waals surface area contributed by atoms with Crippen LogP contribution >= 0.6 is 11.8 Å². The van der Waals surface area contributed by atoms with Gasteiger partial charge in [0.15, 0.2) is 6.04 Å². The van der Waals surface area contributed by atoms with Gasteiger partial charge in [0.2, 0.25) is 11.8 Å².